The van der Waals surface area contributed by atoms with Crippen LogP contribution in [0.2, 0.25) is 0 Å². The minimum atomic E-state index is 0.211. The first-order valence-corrected chi connectivity index (χ1v) is 4.86. The molecule has 2 rings (SSSR count). The summed E-state index contributed by atoms with van der Waals surface area (Å²) >= 11 is 0. The lowest BCUT2D eigenvalue weighted by Crippen LogP contribution is -2.24. The molecule has 0 aromatic heterocycles. The molecular weight excluding hydrogens is 158 g/mol. The van der Waals surface area contributed by atoms with Gasteiger partial charge in [0, 0.05) is 6.04 Å². The van der Waals surface area contributed by atoms with Gasteiger partial charge in [-0.05, 0) is 30.4 Å². The van der Waals surface area contributed by atoms with Gasteiger partial charge in [0.15, 0.2) is 0 Å². The second kappa shape index (κ2) is 3.75. The molecule has 0 saturated carbocycles. The third-order valence-corrected chi connectivity index (χ3v) is 2.59. The van der Waals surface area contributed by atoms with Crippen LogP contribution in [0.1, 0.15) is 19.3 Å². The summed E-state index contributed by atoms with van der Waals surface area (Å²) in [5.41, 5.74) is 8.77. The predicted octanol–water partition coefficient (Wildman–Crippen LogP) is 2.48. The Morgan fingerprint density at radius 1 is 1.15 bits per heavy atom. The van der Waals surface area contributed by atoms with Gasteiger partial charge in [0.1, 0.15) is 0 Å². The van der Waals surface area contributed by atoms with Crippen LogP contribution in [0.15, 0.2) is 47.6 Å². The summed E-state index contributed by atoms with van der Waals surface area (Å²) in [5.74, 6) is 0. The van der Waals surface area contributed by atoms with E-state index in [0.717, 1.165) is 19.3 Å². The molecule has 2 aliphatic carbocycles. The highest BCUT2D eigenvalue weighted by molar-refractivity contribution is 5.43. The molecule has 1 unspecified atom stereocenters. The van der Waals surface area contributed by atoms with E-state index in [-0.39, 0.29) is 6.04 Å². The molecule has 0 aromatic rings. The Morgan fingerprint density at radius 2 is 2.00 bits per heavy atom. The predicted molar refractivity (Wildman–Crippen MR) is 56.3 cm³/mol. The second-order valence-corrected chi connectivity index (χ2v) is 3.55. The fourth-order valence-corrected chi connectivity index (χ4v) is 1.84. The lowest BCUT2D eigenvalue weighted by atomic mass is 9.89. The molecule has 2 N–H and O–H groups in total. The van der Waals surface area contributed by atoms with Crippen molar-refractivity contribution in [1.82, 2.24) is 0 Å². The Morgan fingerprint density at radius 3 is 2.69 bits per heavy atom. The van der Waals surface area contributed by atoms with Gasteiger partial charge < -0.3 is 5.73 Å². The van der Waals surface area contributed by atoms with Crippen molar-refractivity contribution < 1.29 is 0 Å². The number of hydrogen-bond donors (Lipinski definition) is 1. The summed E-state index contributed by atoms with van der Waals surface area (Å²) < 4.78 is 0. The van der Waals surface area contributed by atoms with E-state index in [4.69, 9.17) is 5.73 Å². The summed E-state index contributed by atoms with van der Waals surface area (Å²) in [5, 5.41) is 0. The number of nitrogens with two attached hydrogens (primary N) is 1. The molecule has 0 saturated heterocycles. The molecular formula is C12H15N. The van der Waals surface area contributed by atoms with Gasteiger partial charge in [0.2, 0.25) is 0 Å². The van der Waals surface area contributed by atoms with Crippen LogP contribution in [-0.4, -0.2) is 6.04 Å². The van der Waals surface area contributed by atoms with E-state index in [0.29, 0.717) is 0 Å². The summed E-state index contributed by atoms with van der Waals surface area (Å²) in [7, 11) is 0. The smallest absolute Gasteiger partial charge is 0.0332 e. The van der Waals surface area contributed by atoms with Gasteiger partial charge in [-0.15, -0.1) is 0 Å². The molecule has 0 amide bonds. The third kappa shape index (κ3) is 1.81. The van der Waals surface area contributed by atoms with Gasteiger partial charge in [-0.25, -0.2) is 0 Å². The quantitative estimate of drug-likeness (QED) is 0.647. The standard InChI is InChI=1S/C12H15N/c13-12-9-5-4-8-11(12)10-6-2-1-3-7-10/h1-2,4-6,8,12H,3,7,9,13H2. The lowest BCUT2D eigenvalue weighted by molar-refractivity contribution is 0.763. The first-order chi connectivity index (χ1) is 6.38. The Balaban J connectivity index is 2.23. The third-order valence-electron chi connectivity index (χ3n) is 2.59. The van der Waals surface area contributed by atoms with E-state index in [9.17, 15) is 0 Å². The Bertz CT molecular complexity index is 305. The van der Waals surface area contributed by atoms with Crippen LogP contribution >= 0.6 is 0 Å². The average molecular weight is 173 g/mol. The van der Waals surface area contributed by atoms with E-state index in [1.54, 1.807) is 0 Å². The van der Waals surface area contributed by atoms with E-state index >= 15 is 0 Å². The van der Waals surface area contributed by atoms with Crippen LogP contribution in [0, 0.1) is 0 Å². The Kier molecular flexibility index (Phi) is 2.46. The average Bonchev–Trinajstić information content (AvgIpc) is 2.20. The SMILES string of the molecule is NC1CC=CC=C1C1=CC=CCC1. The van der Waals surface area contributed by atoms with Crippen molar-refractivity contribution in [3.8, 4) is 0 Å². The topological polar surface area (TPSA) is 26.0 Å². The van der Waals surface area contributed by atoms with E-state index in [2.05, 4.69) is 36.5 Å². The first-order valence-electron chi connectivity index (χ1n) is 4.86. The lowest BCUT2D eigenvalue weighted by Gasteiger charge is -2.20. The molecule has 1 atom stereocenters. The van der Waals surface area contributed by atoms with E-state index < -0.39 is 0 Å². The van der Waals surface area contributed by atoms with Gasteiger partial charge in [-0.1, -0.05) is 36.5 Å². The van der Waals surface area contributed by atoms with Gasteiger partial charge in [-0.3, -0.25) is 0 Å². The highest BCUT2D eigenvalue weighted by Crippen LogP contribution is 2.25. The van der Waals surface area contributed by atoms with Crippen molar-refractivity contribution >= 4 is 0 Å². The molecule has 68 valence electrons. The van der Waals surface area contributed by atoms with Crippen molar-refractivity contribution in [3.63, 3.8) is 0 Å². The van der Waals surface area contributed by atoms with Crippen LogP contribution in [0.25, 0.3) is 0 Å². The zero-order chi connectivity index (χ0) is 9.10. The van der Waals surface area contributed by atoms with Crippen molar-refractivity contribution in [2.75, 3.05) is 0 Å². The molecule has 0 aromatic carbocycles. The van der Waals surface area contributed by atoms with Crippen LogP contribution in [-0.2, 0) is 0 Å². The molecule has 0 aliphatic heterocycles. The van der Waals surface area contributed by atoms with Crippen LogP contribution in [0.4, 0.5) is 0 Å². The zero-order valence-electron chi connectivity index (χ0n) is 7.74. The highest BCUT2D eigenvalue weighted by Gasteiger charge is 2.14. The molecule has 1 heteroatoms. The van der Waals surface area contributed by atoms with Gasteiger partial charge in [-0.2, -0.15) is 0 Å². The maximum Gasteiger partial charge on any atom is 0.0332 e. The fraction of sp³-hybridized carbons (Fsp3) is 0.333. The van der Waals surface area contributed by atoms with Crippen LogP contribution in [0.5, 0.6) is 0 Å². The number of rotatable bonds is 1. The fourth-order valence-electron chi connectivity index (χ4n) is 1.84. The van der Waals surface area contributed by atoms with E-state index in [1.807, 2.05) is 0 Å². The van der Waals surface area contributed by atoms with E-state index in [1.165, 1.54) is 11.1 Å². The minimum absolute atomic E-state index is 0.211. The number of hydrogen-bond acceptors (Lipinski definition) is 1. The molecule has 0 bridgehead atoms. The second-order valence-electron chi connectivity index (χ2n) is 3.55. The Hall–Kier alpha value is -1.08. The zero-order valence-corrected chi connectivity index (χ0v) is 7.74. The summed E-state index contributed by atoms with van der Waals surface area (Å²) in [6.07, 6.45) is 16.2. The Labute approximate surface area is 79.3 Å². The molecule has 2 aliphatic rings. The molecule has 1 nitrogen and oxygen atoms in total. The summed E-state index contributed by atoms with van der Waals surface area (Å²) in [4.78, 5) is 0. The van der Waals surface area contributed by atoms with Gasteiger partial charge in [0.25, 0.3) is 0 Å². The van der Waals surface area contributed by atoms with Crippen molar-refractivity contribution in [2.24, 2.45) is 5.73 Å². The van der Waals surface area contributed by atoms with Gasteiger partial charge in [0.05, 0.1) is 0 Å². The highest BCUT2D eigenvalue weighted by atomic mass is 14.6. The number of allylic oxidation sites excluding steroid dienone is 5. The maximum absolute atomic E-state index is 6.03. The summed E-state index contributed by atoms with van der Waals surface area (Å²) in [6, 6.07) is 0.211. The molecule has 0 spiro atoms. The molecule has 0 heterocycles. The molecule has 0 radical (unpaired) electrons. The largest absolute Gasteiger partial charge is 0.324 e. The van der Waals surface area contributed by atoms with Gasteiger partial charge >= 0.3 is 0 Å². The maximum atomic E-state index is 6.03. The summed E-state index contributed by atoms with van der Waals surface area (Å²) in [6.45, 7) is 0. The first kappa shape index (κ1) is 8.52. The van der Waals surface area contributed by atoms with Crippen molar-refractivity contribution in [3.05, 3.63) is 47.6 Å². The minimum Gasteiger partial charge on any atom is -0.324 e. The van der Waals surface area contributed by atoms with Crippen molar-refractivity contribution in [1.29, 1.82) is 0 Å². The van der Waals surface area contributed by atoms with Crippen LogP contribution < -0.4 is 5.73 Å². The molecule has 0 fully saturated rings. The van der Waals surface area contributed by atoms with Crippen molar-refractivity contribution in [2.45, 2.75) is 25.3 Å². The van der Waals surface area contributed by atoms with Crippen LogP contribution in [0.3, 0.4) is 0 Å². The molecule has 13 heavy (non-hydrogen) atoms. The normalized spacial score (nSPS) is 27.0. The monoisotopic (exact) mass is 173 g/mol.